The Morgan fingerprint density at radius 1 is 1.07 bits per heavy atom. The van der Waals surface area contributed by atoms with Gasteiger partial charge in [-0.25, -0.2) is 8.42 Å². The highest BCUT2D eigenvalue weighted by Gasteiger charge is 2.32. The molecule has 0 aliphatic carbocycles. The number of carbonyl (C=O) groups is 2. The van der Waals surface area contributed by atoms with E-state index in [-0.39, 0.29) is 37.3 Å². The molecule has 4 aromatic rings. The van der Waals surface area contributed by atoms with Gasteiger partial charge in [0.25, 0.3) is 12.4 Å². The second kappa shape index (κ2) is 13.6. The average molecular weight is 657 g/mol. The summed E-state index contributed by atoms with van der Waals surface area (Å²) in [5, 5.41) is 6.82. The molecular formula is C33H35F3N4O5S. The number of hydrogen-bond donors (Lipinski definition) is 2. The van der Waals surface area contributed by atoms with Crippen molar-refractivity contribution in [2.24, 2.45) is 0 Å². The zero-order valence-corrected chi connectivity index (χ0v) is 26.2. The molecule has 1 amide bonds. The van der Waals surface area contributed by atoms with Gasteiger partial charge in [0.15, 0.2) is 0 Å². The van der Waals surface area contributed by atoms with E-state index in [4.69, 9.17) is 4.74 Å². The van der Waals surface area contributed by atoms with E-state index in [1.807, 2.05) is 48.0 Å². The van der Waals surface area contributed by atoms with Gasteiger partial charge in [-0.05, 0) is 47.7 Å². The molecule has 0 saturated heterocycles. The third kappa shape index (κ3) is 7.20. The lowest BCUT2D eigenvalue weighted by atomic mass is 9.99. The Hall–Kier alpha value is -4.36. The number of carbonyl (C=O) groups excluding carboxylic acids is 2. The molecule has 2 N–H and O–H groups in total. The summed E-state index contributed by atoms with van der Waals surface area (Å²) in [6.45, 7) is 2.64. The number of rotatable bonds is 12. The van der Waals surface area contributed by atoms with Crippen LogP contribution in [0.1, 0.15) is 39.5 Å². The first-order valence-corrected chi connectivity index (χ1v) is 16.4. The first-order chi connectivity index (χ1) is 21.9. The lowest BCUT2D eigenvalue weighted by Crippen LogP contribution is -2.50. The number of sulfonamides is 1. The summed E-state index contributed by atoms with van der Waals surface area (Å²) in [6, 6.07) is 16.7. The summed E-state index contributed by atoms with van der Waals surface area (Å²) in [6.07, 6.45) is -2.51. The number of nitrogens with one attached hydrogen (secondary N) is 2. The van der Waals surface area contributed by atoms with Gasteiger partial charge in [0, 0.05) is 43.8 Å². The molecule has 2 heterocycles. The Bertz CT molecular complexity index is 1830. The normalized spacial score (nSPS) is 15.6. The molecule has 1 aliphatic heterocycles. The van der Waals surface area contributed by atoms with Crippen molar-refractivity contribution in [2.45, 2.75) is 51.2 Å². The van der Waals surface area contributed by atoms with Crippen LogP contribution in [-0.4, -0.2) is 56.9 Å². The summed E-state index contributed by atoms with van der Waals surface area (Å²) in [7, 11) is -2.15. The summed E-state index contributed by atoms with van der Waals surface area (Å²) in [4.78, 5) is 25.5. The van der Waals surface area contributed by atoms with Crippen LogP contribution in [0.15, 0.2) is 72.9 Å². The Labute approximate surface area is 265 Å². The smallest absolute Gasteiger partial charge is 0.416 e. The SMILES string of the molecule is CCc1cn2c3c(cc(C(=O)N[C@@H](Cc4ccccc4)[C@@H](CNCc4cccc(C(F)(F)F)c4)OC=O)cc13)N(C)S(=O)(=O)CC2. The predicted octanol–water partition coefficient (Wildman–Crippen LogP) is 4.67. The zero-order valence-electron chi connectivity index (χ0n) is 25.4. The maximum atomic E-state index is 13.9. The van der Waals surface area contributed by atoms with Gasteiger partial charge < -0.3 is 19.9 Å². The summed E-state index contributed by atoms with van der Waals surface area (Å²) in [5.74, 6) is -0.578. The maximum absolute atomic E-state index is 13.9. The Balaban J connectivity index is 1.44. The molecule has 0 fully saturated rings. The van der Waals surface area contributed by atoms with E-state index in [9.17, 15) is 31.2 Å². The van der Waals surface area contributed by atoms with Crippen molar-refractivity contribution in [2.75, 3.05) is 23.7 Å². The first kappa shape index (κ1) is 33.0. The van der Waals surface area contributed by atoms with E-state index in [1.54, 1.807) is 18.2 Å². The van der Waals surface area contributed by atoms with Gasteiger partial charge in [-0.3, -0.25) is 13.9 Å². The molecular weight excluding hydrogens is 621 g/mol. The van der Waals surface area contributed by atoms with Gasteiger partial charge in [-0.2, -0.15) is 13.2 Å². The Kier molecular flexibility index (Phi) is 9.73. The lowest BCUT2D eigenvalue weighted by molar-refractivity contribution is -0.137. The highest BCUT2D eigenvalue weighted by Crippen LogP contribution is 2.36. The van der Waals surface area contributed by atoms with Gasteiger partial charge >= 0.3 is 6.18 Å². The van der Waals surface area contributed by atoms with Gasteiger partial charge in [-0.15, -0.1) is 0 Å². The molecule has 1 aliphatic rings. The fourth-order valence-corrected chi connectivity index (χ4v) is 6.93. The second-order valence-electron chi connectivity index (χ2n) is 11.2. The standard InChI is InChI=1S/C33H35F3N4O5S/c1-3-24-20-40-12-13-46(43,44)39(2)29-17-25(16-27(24)31(29)40)32(42)38-28(15-22-8-5-4-6-9-22)30(45-21-41)19-37-18-23-10-7-11-26(14-23)33(34,35)36/h4-11,14,16-17,20-21,28,30,37H,3,12-13,15,18-19H2,1-2H3,(H,38,42)/t28-,30+/m0/s1. The van der Waals surface area contributed by atoms with Crippen molar-refractivity contribution in [3.05, 3.63) is 101 Å². The second-order valence-corrected chi connectivity index (χ2v) is 13.4. The Morgan fingerprint density at radius 2 is 1.80 bits per heavy atom. The summed E-state index contributed by atoms with van der Waals surface area (Å²) < 4.78 is 74.1. The van der Waals surface area contributed by atoms with Crippen LogP contribution in [0.3, 0.4) is 0 Å². The van der Waals surface area contributed by atoms with Gasteiger partial charge in [-0.1, -0.05) is 55.5 Å². The van der Waals surface area contributed by atoms with Crippen molar-refractivity contribution in [3.63, 3.8) is 0 Å². The maximum Gasteiger partial charge on any atom is 0.416 e. The van der Waals surface area contributed by atoms with Crippen LogP contribution >= 0.6 is 0 Å². The highest BCUT2D eigenvalue weighted by atomic mass is 32.2. The average Bonchev–Trinajstić information content (AvgIpc) is 3.36. The monoisotopic (exact) mass is 656 g/mol. The van der Waals surface area contributed by atoms with Crippen LogP contribution in [0.25, 0.3) is 10.9 Å². The molecule has 13 heteroatoms. The number of halogens is 3. The highest BCUT2D eigenvalue weighted by molar-refractivity contribution is 7.92. The van der Waals surface area contributed by atoms with Crippen molar-refractivity contribution in [1.82, 2.24) is 15.2 Å². The van der Waals surface area contributed by atoms with Crippen molar-refractivity contribution < 1.29 is 35.9 Å². The molecule has 0 bridgehead atoms. The summed E-state index contributed by atoms with van der Waals surface area (Å²) >= 11 is 0. The van der Waals surface area contributed by atoms with Crippen molar-refractivity contribution in [1.29, 1.82) is 0 Å². The third-order valence-electron chi connectivity index (χ3n) is 8.25. The molecule has 0 radical (unpaired) electrons. The molecule has 0 spiro atoms. The first-order valence-electron chi connectivity index (χ1n) is 14.8. The summed E-state index contributed by atoms with van der Waals surface area (Å²) in [5.41, 5.74) is 2.80. The fraction of sp³-hybridized carbons (Fsp3) is 0.333. The molecule has 9 nitrogen and oxygen atoms in total. The number of anilines is 1. The van der Waals surface area contributed by atoms with E-state index in [2.05, 4.69) is 10.6 Å². The largest absolute Gasteiger partial charge is 0.461 e. The number of alkyl halides is 3. The van der Waals surface area contributed by atoms with Crippen LogP contribution in [-0.2, 0) is 51.7 Å². The third-order valence-corrected chi connectivity index (χ3v) is 9.98. The van der Waals surface area contributed by atoms with Gasteiger partial charge in [0.05, 0.1) is 28.6 Å². The van der Waals surface area contributed by atoms with E-state index in [1.165, 1.54) is 17.4 Å². The number of nitrogens with zero attached hydrogens (tertiary/aromatic N) is 2. The molecule has 0 unspecified atom stereocenters. The van der Waals surface area contributed by atoms with Crippen molar-refractivity contribution in [3.8, 4) is 0 Å². The minimum absolute atomic E-state index is 0.0286. The van der Waals surface area contributed by atoms with E-state index in [0.717, 1.165) is 34.2 Å². The molecule has 0 saturated carbocycles. The minimum Gasteiger partial charge on any atom is -0.461 e. The quantitative estimate of drug-likeness (QED) is 0.215. The van der Waals surface area contributed by atoms with Gasteiger partial charge in [0.1, 0.15) is 6.10 Å². The van der Waals surface area contributed by atoms with Crippen molar-refractivity contribution >= 4 is 39.0 Å². The van der Waals surface area contributed by atoms with E-state index >= 15 is 0 Å². The lowest BCUT2D eigenvalue weighted by Gasteiger charge is -2.28. The van der Waals surface area contributed by atoms with Crippen LogP contribution in [0.4, 0.5) is 18.9 Å². The number of benzene rings is 3. The number of hydrogen-bond acceptors (Lipinski definition) is 6. The Morgan fingerprint density at radius 3 is 2.50 bits per heavy atom. The zero-order chi connectivity index (χ0) is 33.1. The molecule has 3 aromatic carbocycles. The topological polar surface area (TPSA) is 110 Å². The minimum atomic E-state index is -4.48. The number of ether oxygens (including phenoxy) is 1. The fourth-order valence-electron chi connectivity index (χ4n) is 5.79. The van der Waals surface area contributed by atoms with E-state index in [0.29, 0.717) is 24.2 Å². The van der Waals surface area contributed by atoms with Crippen LogP contribution in [0.5, 0.6) is 0 Å². The molecule has 5 rings (SSSR count). The molecule has 1 aromatic heterocycles. The number of aromatic nitrogens is 1. The van der Waals surface area contributed by atoms with Crippen LogP contribution in [0.2, 0.25) is 0 Å². The molecule has 2 atom stereocenters. The predicted molar refractivity (Wildman–Crippen MR) is 169 cm³/mol. The van der Waals surface area contributed by atoms with Gasteiger partial charge in [0.2, 0.25) is 10.0 Å². The van der Waals surface area contributed by atoms with E-state index < -0.39 is 39.8 Å². The number of amides is 1. The molecule has 46 heavy (non-hydrogen) atoms. The molecule has 244 valence electrons. The van der Waals surface area contributed by atoms with Crippen LogP contribution in [0, 0.1) is 0 Å². The number of aryl methyl sites for hydroxylation is 2. The van der Waals surface area contributed by atoms with Crippen LogP contribution < -0.4 is 14.9 Å².